The van der Waals surface area contributed by atoms with Crippen LogP contribution in [0, 0.1) is 63.7 Å². The maximum Gasteiger partial charge on any atom is 2.00 e. The molecule has 2 aliphatic rings. The van der Waals surface area contributed by atoms with Crippen LogP contribution in [-0.4, -0.2) is 28.5 Å². The van der Waals surface area contributed by atoms with Crippen molar-refractivity contribution in [3.8, 4) is 0 Å². The van der Waals surface area contributed by atoms with Gasteiger partial charge in [0.05, 0.1) is 0 Å². The predicted octanol–water partition coefficient (Wildman–Crippen LogP) is 3.06. The fraction of sp³-hybridized carbons (Fsp3) is 0.100. The van der Waals surface area contributed by atoms with Crippen molar-refractivity contribution in [2.24, 2.45) is 10.1 Å². The molecule has 3 rings (SSSR count). The maximum absolute atomic E-state index is 9.17. The molecule has 5 nitrogen and oxygen atoms in total. The molecule has 6 heteroatoms. The van der Waals surface area contributed by atoms with Crippen LogP contribution < -0.4 is 5.48 Å². The Labute approximate surface area is 167 Å². The second-order valence-corrected chi connectivity index (χ2v) is 5.16. The van der Waals surface area contributed by atoms with Gasteiger partial charge in [0.15, 0.2) is 11.5 Å². The van der Waals surface area contributed by atoms with Gasteiger partial charge in [-0.1, -0.05) is 35.5 Å². The van der Waals surface area contributed by atoms with E-state index in [1.165, 1.54) is 5.92 Å². The molecule has 10 radical (unpaired) electrons. The number of benzene rings is 1. The zero-order valence-electron chi connectivity index (χ0n) is 14.1. The first kappa shape index (κ1) is 22.7. The first-order chi connectivity index (χ1) is 12.3. The summed E-state index contributed by atoms with van der Waals surface area (Å²) in [5, 5.41) is 21.5. The Morgan fingerprint density at radius 1 is 0.885 bits per heavy atom. The summed E-state index contributed by atoms with van der Waals surface area (Å²) in [5.41, 5.74) is 2.87. The number of amidine groups is 1. The standard InChI is InChI=1S/C15H16N3O2.C5H5.Fe/c19-17-14(13-8-2-1-3-9-13)15(18-20)16-11-10-12-6-4-5-7-12;1-2-4-5-3-1;/h1-9,19-20H,10-11H2,(H,16,18);1-5H;/q;;+2/b17-14+;;. The number of hydrogen-bond acceptors (Lipinski definition) is 4. The molecular formula is C20H21FeN3O2+2. The van der Waals surface area contributed by atoms with Crippen LogP contribution in [0.4, 0.5) is 0 Å². The van der Waals surface area contributed by atoms with Gasteiger partial charge in [-0.2, -0.15) is 0 Å². The summed E-state index contributed by atoms with van der Waals surface area (Å²) in [6.07, 6.45) is 18.7. The molecule has 0 bridgehead atoms. The van der Waals surface area contributed by atoms with Crippen molar-refractivity contribution in [1.82, 2.24) is 5.48 Å². The Balaban J connectivity index is 0.000000486. The number of nitrogens with one attached hydrogen (secondary N) is 1. The Morgan fingerprint density at radius 2 is 1.46 bits per heavy atom. The van der Waals surface area contributed by atoms with E-state index in [2.05, 4.69) is 10.1 Å². The summed E-state index contributed by atoms with van der Waals surface area (Å²) in [6, 6.07) is 9.05. The van der Waals surface area contributed by atoms with Crippen LogP contribution in [0.25, 0.3) is 0 Å². The molecule has 1 aromatic rings. The second kappa shape index (κ2) is 13.8. The van der Waals surface area contributed by atoms with Gasteiger partial charge in [-0.25, -0.2) is 0 Å². The molecule has 0 amide bonds. The predicted molar refractivity (Wildman–Crippen MR) is 98.5 cm³/mol. The summed E-state index contributed by atoms with van der Waals surface area (Å²) < 4.78 is 0. The average Bonchev–Trinajstić information content (AvgIpc) is 3.38. The van der Waals surface area contributed by atoms with Crippen LogP contribution in [0.3, 0.4) is 0 Å². The summed E-state index contributed by atoms with van der Waals surface area (Å²) in [4.78, 5) is 4.23. The molecule has 2 aliphatic carbocycles. The number of rotatable bonds is 5. The summed E-state index contributed by atoms with van der Waals surface area (Å²) in [7, 11) is 0. The third-order valence-electron chi connectivity index (χ3n) is 3.44. The van der Waals surface area contributed by atoms with Crippen LogP contribution in [0.2, 0.25) is 0 Å². The van der Waals surface area contributed by atoms with Gasteiger partial charge in [0.1, 0.15) is 0 Å². The van der Waals surface area contributed by atoms with E-state index in [-0.39, 0.29) is 28.6 Å². The third-order valence-corrected chi connectivity index (χ3v) is 3.44. The van der Waals surface area contributed by atoms with Crippen molar-refractivity contribution < 1.29 is 27.5 Å². The van der Waals surface area contributed by atoms with E-state index in [0.717, 1.165) is 6.42 Å². The van der Waals surface area contributed by atoms with Crippen molar-refractivity contribution in [3.05, 3.63) is 99.6 Å². The second-order valence-electron chi connectivity index (χ2n) is 5.16. The number of oxime groups is 1. The first-order valence-corrected chi connectivity index (χ1v) is 7.95. The summed E-state index contributed by atoms with van der Waals surface area (Å²) >= 11 is 0. The van der Waals surface area contributed by atoms with Gasteiger partial charge in [0.25, 0.3) is 0 Å². The SMILES string of the molecule is O/N=C(/C(=NCC[C]1[CH][CH][CH][CH]1)NO)c1ccccc1.[CH]1[CH][CH][CH][CH]1.[Fe+2]. The van der Waals surface area contributed by atoms with E-state index in [9.17, 15) is 5.21 Å². The van der Waals surface area contributed by atoms with Crippen molar-refractivity contribution in [2.75, 3.05) is 6.54 Å². The van der Waals surface area contributed by atoms with Crippen LogP contribution >= 0.6 is 0 Å². The average molecular weight is 391 g/mol. The molecule has 0 atom stereocenters. The number of aliphatic imine (C=N–C) groups is 1. The zero-order valence-corrected chi connectivity index (χ0v) is 15.2. The van der Waals surface area contributed by atoms with Crippen molar-refractivity contribution in [2.45, 2.75) is 6.42 Å². The zero-order chi connectivity index (χ0) is 17.7. The molecule has 26 heavy (non-hydrogen) atoms. The van der Waals surface area contributed by atoms with Crippen molar-refractivity contribution >= 4 is 11.5 Å². The van der Waals surface area contributed by atoms with E-state index in [1.54, 1.807) is 12.1 Å². The van der Waals surface area contributed by atoms with Crippen molar-refractivity contribution in [3.63, 3.8) is 0 Å². The molecule has 0 unspecified atom stereocenters. The molecule has 0 saturated heterocycles. The fourth-order valence-electron chi connectivity index (χ4n) is 2.20. The topological polar surface area (TPSA) is 77.2 Å². The minimum absolute atomic E-state index is 0. The minimum atomic E-state index is 0. The van der Waals surface area contributed by atoms with Crippen LogP contribution in [0.1, 0.15) is 12.0 Å². The van der Waals surface area contributed by atoms with E-state index < -0.39 is 0 Å². The first-order valence-electron chi connectivity index (χ1n) is 7.95. The molecule has 0 spiro atoms. The van der Waals surface area contributed by atoms with Gasteiger partial charge in [0.2, 0.25) is 0 Å². The molecule has 134 valence electrons. The molecule has 3 N–H and O–H groups in total. The molecule has 1 aromatic carbocycles. The number of nitrogens with zero attached hydrogens (tertiary/aromatic N) is 2. The smallest absolute Gasteiger partial charge is 0.410 e. The van der Waals surface area contributed by atoms with Crippen LogP contribution in [0.15, 0.2) is 40.5 Å². The Hall–Kier alpha value is -1.36. The third kappa shape index (κ3) is 7.90. The van der Waals surface area contributed by atoms with Crippen LogP contribution in [0.5, 0.6) is 0 Å². The van der Waals surface area contributed by atoms with E-state index >= 15 is 0 Å². The number of hydrogen-bond donors (Lipinski definition) is 3. The van der Waals surface area contributed by atoms with E-state index in [4.69, 9.17) is 5.21 Å². The van der Waals surface area contributed by atoms with E-state index in [1.807, 2.05) is 81.5 Å². The Bertz CT molecular complexity index is 532. The fourth-order valence-corrected chi connectivity index (χ4v) is 2.20. The molecule has 0 heterocycles. The van der Waals surface area contributed by atoms with Gasteiger partial charge < -0.3 is 5.21 Å². The van der Waals surface area contributed by atoms with E-state index in [0.29, 0.717) is 12.1 Å². The largest absolute Gasteiger partial charge is 2.00 e. The molecule has 2 fully saturated rings. The molecule has 0 aromatic heterocycles. The Morgan fingerprint density at radius 3 is 1.96 bits per heavy atom. The maximum atomic E-state index is 9.17. The molecule has 0 aliphatic heterocycles. The summed E-state index contributed by atoms with van der Waals surface area (Å²) in [6.45, 7) is 0.485. The van der Waals surface area contributed by atoms with Gasteiger partial charge in [0, 0.05) is 12.1 Å². The van der Waals surface area contributed by atoms with Gasteiger partial charge in [-0.15, -0.1) is 0 Å². The monoisotopic (exact) mass is 391 g/mol. The van der Waals surface area contributed by atoms with Gasteiger partial charge >= 0.3 is 17.1 Å². The van der Waals surface area contributed by atoms with Crippen molar-refractivity contribution in [1.29, 1.82) is 0 Å². The minimum Gasteiger partial charge on any atom is -0.410 e. The molecular weight excluding hydrogens is 370 g/mol. The van der Waals surface area contributed by atoms with Gasteiger partial charge in [-0.3, -0.25) is 15.7 Å². The normalized spacial score (nSPS) is 18.0. The Kier molecular flexibility index (Phi) is 12.0. The number of hydroxylamine groups is 1. The summed E-state index contributed by atoms with van der Waals surface area (Å²) in [5.74, 6) is 1.32. The van der Waals surface area contributed by atoms with Crippen LogP contribution in [-0.2, 0) is 17.1 Å². The quantitative estimate of drug-likeness (QED) is 0.237. The van der Waals surface area contributed by atoms with Gasteiger partial charge in [-0.05, 0) is 70.1 Å². The molecule has 2 saturated carbocycles.